The van der Waals surface area contributed by atoms with Crippen molar-refractivity contribution >= 4 is 23.2 Å². The van der Waals surface area contributed by atoms with E-state index in [9.17, 15) is 4.79 Å². The molecule has 7 nitrogen and oxygen atoms in total. The number of nitrogens with zero attached hydrogens (tertiary/aromatic N) is 5. The number of hydrogen-bond donors (Lipinski definition) is 1. The lowest BCUT2D eigenvalue weighted by Gasteiger charge is -2.35. The number of aryl methyl sites for hydroxylation is 2. The van der Waals surface area contributed by atoms with E-state index in [1.165, 1.54) is 11.9 Å². The van der Waals surface area contributed by atoms with Crippen LogP contribution in [0, 0.1) is 13.8 Å². The molecule has 29 heavy (non-hydrogen) atoms. The van der Waals surface area contributed by atoms with Gasteiger partial charge in [-0.3, -0.25) is 4.79 Å². The maximum atomic E-state index is 12.9. The number of hydrogen-bond acceptors (Lipinski definition) is 6. The highest BCUT2D eigenvalue weighted by Crippen LogP contribution is 2.21. The molecular weight excluding hydrogens is 364 g/mol. The van der Waals surface area contributed by atoms with Gasteiger partial charge in [-0.15, -0.1) is 0 Å². The molecule has 3 aromatic rings. The first-order valence-electron chi connectivity index (χ1n) is 9.72. The van der Waals surface area contributed by atoms with E-state index >= 15 is 0 Å². The number of rotatable bonds is 4. The average Bonchev–Trinajstić information content (AvgIpc) is 2.76. The first-order chi connectivity index (χ1) is 14.1. The van der Waals surface area contributed by atoms with Crippen molar-refractivity contribution in [2.24, 2.45) is 0 Å². The molecule has 0 atom stereocenters. The van der Waals surface area contributed by atoms with Crippen molar-refractivity contribution in [1.82, 2.24) is 19.9 Å². The van der Waals surface area contributed by atoms with Crippen LogP contribution in [-0.4, -0.2) is 51.9 Å². The maximum absolute atomic E-state index is 12.9. The lowest BCUT2D eigenvalue weighted by Crippen LogP contribution is -2.49. The van der Waals surface area contributed by atoms with Gasteiger partial charge < -0.3 is 15.1 Å². The largest absolute Gasteiger partial charge is 0.353 e. The molecule has 4 rings (SSSR count). The number of aromatic nitrogens is 3. The van der Waals surface area contributed by atoms with Crippen LogP contribution in [0.3, 0.4) is 0 Å². The molecule has 0 bridgehead atoms. The predicted molar refractivity (Wildman–Crippen MR) is 114 cm³/mol. The van der Waals surface area contributed by atoms with E-state index in [0.717, 1.165) is 30.2 Å². The second-order valence-corrected chi connectivity index (χ2v) is 7.20. The fraction of sp³-hybridized carbons (Fsp3) is 0.273. The molecule has 7 heteroatoms. The van der Waals surface area contributed by atoms with E-state index in [0.29, 0.717) is 24.6 Å². The van der Waals surface area contributed by atoms with Gasteiger partial charge >= 0.3 is 0 Å². The predicted octanol–water partition coefficient (Wildman–Crippen LogP) is 3.19. The summed E-state index contributed by atoms with van der Waals surface area (Å²) >= 11 is 0. The molecule has 148 valence electrons. The van der Waals surface area contributed by atoms with Crippen molar-refractivity contribution in [2.45, 2.75) is 13.8 Å². The molecule has 0 aliphatic carbocycles. The van der Waals surface area contributed by atoms with Gasteiger partial charge in [0.15, 0.2) is 0 Å². The number of piperazine rings is 1. The quantitative estimate of drug-likeness (QED) is 0.740. The van der Waals surface area contributed by atoms with Crippen LogP contribution in [0.15, 0.2) is 55.0 Å². The van der Waals surface area contributed by atoms with Crippen molar-refractivity contribution < 1.29 is 4.79 Å². The van der Waals surface area contributed by atoms with Crippen molar-refractivity contribution in [2.75, 3.05) is 36.4 Å². The Labute approximate surface area is 170 Å². The number of benzene rings is 1. The van der Waals surface area contributed by atoms with Crippen LogP contribution in [0.25, 0.3) is 0 Å². The van der Waals surface area contributed by atoms with Gasteiger partial charge in [-0.25, -0.2) is 15.0 Å². The summed E-state index contributed by atoms with van der Waals surface area (Å²) in [4.78, 5) is 29.8. The molecule has 0 saturated carbocycles. The Hall–Kier alpha value is -3.48. The Morgan fingerprint density at radius 1 is 0.966 bits per heavy atom. The van der Waals surface area contributed by atoms with E-state index in [1.807, 2.05) is 42.2 Å². The Kier molecular flexibility index (Phi) is 5.37. The highest BCUT2D eigenvalue weighted by Gasteiger charge is 2.24. The Morgan fingerprint density at radius 3 is 2.52 bits per heavy atom. The number of amides is 1. The fourth-order valence-electron chi connectivity index (χ4n) is 3.48. The van der Waals surface area contributed by atoms with Crippen molar-refractivity contribution in [3.63, 3.8) is 0 Å². The Morgan fingerprint density at radius 2 is 1.79 bits per heavy atom. The van der Waals surface area contributed by atoms with Crippen LogP contribution < -0.4 is 10.2 Å². The lowest BCUT2D eigenvalue weighted by atomic mass is 10.1. The summed E-state index contributed by atoms with van der Waals surface area (Å²) in [5.41, 5.74) is 3.70. The molecule has 2 aromatic heterocycles. The third-order valence-corrected chi connectivity index (χ3v) is 5.07. The van der Waals surface area contributed by atoms with Gasteiger partial charge in [-0.2, -0.15) is 0 Å². The zero-order valence-corrected chi connectivity index (χ0v) is 16.7. The molecule has 1 aromatic carbocycles. The van der Waals surface area contributed by atoms with Gasteiger partial charge in [0.25, 0.3) is 5.91 Å². The molecule has 1 fully saturated rings. The zero-order valence-electron chi connectivity index (χ0n) is 16.7. The number of carbonyl (C=O) groups is 1. The molecule has 1 N–H and O–H groups in total. The average molecular weight is 388 g/mol. The summed E-state index contributed by atoms with van der Waals surface area (Å²) in [6.07, 6.45) is 3.22. The van der Waals surface area contributed by atoms with Crippen LogP contribution in [0.1, 0.15) is 21.6 Å². The fourth-order valence-corrected chi connectivity index (χ4v) is 3.48. The SMILES string of the molecule is Cc1ccc(Nc2cc(C(=O)N3CCN(c4ccccn4)CC3)ncn2)c(C)c1. The lowest BCUT2D eigenvalue weighted by molar-refractivity contribution is 0.0740. The molecule has 0 radical (unpaired) electrons. The van der Waals surface area contributed by atoms with Crippen LogP contribution in [-0.2, 0) is 0 Å². The number of nitrogens with one attached hydrogen (secondary N) is 1. The van der Waals surface area contributed by atoms with Gasteiger partial charge in [0.2, 0.25) is 0 Å². The van der Waals surface area contributed by atoms with Gasteiger partial charge in [-0.1, -0.05) is 23.8 Å². The second-order valence-electron chi connectivity index (χ2n) is 7.20. The Bertz CT molecular complexity index is 999. The highest BCUT2D eigenvalue weighted by molar-refractivity contribution is 5.93. The van der Waals surface area contributed by atoms with E-state index < -0.39 is 0 Å². The molecule has 1 saturated heterocycles. The first-order valence-corrected chi connectivity index (χ1v) is 9.72. The first kappa shape index (κ1) is 18.9. The molecule has 3 heterocycles. The third-order valence-electron chi connectivity index (χ3n) is 5.07. The minimum atomic E-state index is -0.0725. The van der Waals surface area contributed by atoms with Crippen molar-refractivity contribution in [3.8, 4) is 0 Å². The summed E-state index contributed by atoms with van der Waals surface area (Å²) in [6.45, 7) is 6.89. The molecule has 1 amide bonds. The van der Waals surface area contributed by atoms with Gasteiger partial charge in [0.1, 0.15) is 23.7 Å². The minimum absolute atomic E-state index is 0.0725. The molecule has 0 unspecified atom stereocenters. The second kappa shape index (κ2) is 8.26. The topological polar surface area (TPSA) is 74.2 Å². The maximum Gasteiger partial charge on any atom is 0.272 e. The van der Waals surface area contributed by atoms with Gasteiger partial charge in [0.05, 0.1) is 0 Å². The normalized spacial score (nSPS) is 14.0. The number of pyridine rings is 1. The number of anilines is 3. The summed E-state index contributed by atoms with van der Waals surface area (Å²) in [5.74, 6) is 1.49. The minimum Gasteiger partial charge on any atom is -0.353 e. The molecular formula is C22H24N6O. The van der Waals surface area contributed by atoms with Crippen LogP contribution in [0.4, 0.5) is 17.3 Å². The standard InChI is InChI=1S/C22H24N6O/c1-16-6-7-18(17(2)13-16)26-20-14-19(24-15-25-20)22(29)28-11-9-27(10-12-28)21-5-3-4-8-23-21/h3-8,13-15H,9-12H2,1-2H3,(H,24,25,26). The van der Waals surface area contributed by atoms with Crippen LogP contribution in [0.5, 0.6) is 0 Å². The van der Waals surface area contributed by atoms with Crippen molar-refractivity contribution in [3.05, 3.63) is 71.8 Å². The highest BCUT2D eigenvalue weighted by atomic mass is 16.2. The van der Waals surface area contributed by atoms with Crippen molar-refractivity contribution in [1.29, 1.82) is 0 Å². The molecule has 1 aliphatic rings. The summed E-state index contributed by atoms with van der Waals surface area (Å²) in [6, 6.07) is 13.8. The van der Waals surface area contributed by atoms with Crippen LogP contribution in [0.2, 0.25) is 0 Å². The monoisotopic (exact) mass is 388 g/mol. The van der Waals surface area contributed by atoms with Gasteiger partial charge in [-0.05, 0) is 37.6 Å². The van der Waals surface area contributed by atoms with E-state index in [-0.39, 0.29) is 5.91 Å². The van der Waals surface area contributed by atoms with E-state index in [2.05, 4.69) is 38.2 Å². The molecule has 0 spiro atoms. The van der Waals surface area contributed by atoms with Crippen LogP contribution >= 0.6 is 0 Å². The third kappa shape index (κ3) is 4.34. The van der Waals surface area contributed by atoms with E-state index in [1.54, 1.807) is 12.3 Å². The summed E-state index contributed by atoms with van der Waals surface area (Å²) in [5, 5.41) is 3.29. The Balaban J connectivity index is 1.42. The summed E-state index contributed by atoms with van der Waals surface area (Å²) in [7, 11) is 0. The molecule has 1 aliphatic heterocycles. The van der Waals surface area contributed by atoms with Gasteiger partial charge in [0, 0.05) is 44.1 Å². The smallest absolute Gasteiger partial charge is 0.272 e. The zero-order chi connectivity index (χ0) is 20.2. The summed E-state index contributed by atoms with van der Waals surface area (Å²) < 4.78 is 0. The van der Waals surface area contributed by atoms with E-state index in [4.69, 9.17) is 0 Å². The number of carbonyl (C=O) groups excluding carboxylic acids is 1.